The molecule has 0 radical (unpaired) electrons. The highest BCUT2D eigenvalue weighted by molar-refractivity contribution is 6.10. The second-order valence-corrected chi connectivity index (χ2v) is 6.15. The van der Waals surface area contributed by atoms with Gasteiger partial charge in [0.15, 0.2) is 17.1 Å². The number of carbonyl (C=O) groups excluding carboxylic acids is 1. The van der Waals surface area contributed by atoms with Crippen LogP contribution in [-0.4, -0.2) is 27.7 Å². The quantitative estimate of drug-likeness (QED) is 0.646. The number of hydrogen-bond donors (Lipinski definition) is 0. The molecule has 0 amide bonds. The number of fused-ring (bicyclic) bond motifs is 1. The fourth-order valence-electron chi connectivity index (χ4n) is 3.11. The standard InChI is InChI=1S/C18H19N3O3/c1-3-14(21-10-19-9-20-21)17(22)12-6-7-15(23-2)18-13(12)8-16(24-18)11-4-5-11/h6-11,14H,3-5H2,1-2H3. The third-order valence-electron chi connectivity index (χ3n) is 4.58. The smallest absolute Gasteiger partial charge is 0.188 e. The van der Waals surface area contributed by atoms with Crippen molar-refractivity contribution in [2.45, 2.75) is 38.1 Å². The number of ketones is 1. The molecule has 6 heteroatoms. The molecule has 0 saturated heterocycles. The van der Waals surface area contributed by atoms with Crippen LogP contribution in [0.3, 0.4) is 0 Å². The molecule has 6 nitrogen and oxygen atoms in total. The summed E-state index contributed by atoms with van der Waals surface area (Å²) in [6.45, 7) is 1.97. The monoisotopic (exact) mass is 325 g/mol. The van der Waals surface area contributed by atoms with Gasteiger partial charge in [-0.3, -0.25) is 4.79 Å². The molecule has 3 aromatic rings. The van der Waals surface area contributed by atoms with E-state index >= 15 is 0 Å². The fourth-order valence-corrected chi connectivity index (χ4v) is 3.11. The van der Waals surface area contributed by atoms with E-state index in [0.29, 0.717) is 29.2 Å². The van der Waals surface area contributed by atoms with Crippen molar-refractivity contribution in [1.29, 1.82) is 0 Å². The Bertz CT molecular complexity index is 878. The first kappa shape index (κ1) is 14.9. The van der Waals surface area contributed by atoms with Gasteiger partial charge in [0.1, 0.15) is 24.5 Å². The summed E-state index contributed by atoms with van der Waals surface area (Å²) in [6.07, 6.45) is 5.95. The van der Waals surface area contributed by atoms with Gasteiger partial charge in [0, 0.05) is 16.9 Å². The lowest BCUT2D eigenvalue weighted by atomic mass is 9.98. The Morgan fingerprint density at radius 2 is 2.29 bits per heavy atom. The van der Waals surface area contributed by atoms with Crippen LogP contribution in [0.15, 0.2) is 35.3 Å². The Hall–Kier alpha value is -2.63. The summed E-state index contributed by atoms with van der Waals surface area (Å²) in [5, 5.41) is 4.95. The molecule has 1 atom stereocenters. The summed E-state index contributed by atoms with van der Waals surface area (Å²) in [5.74, 6) is 2.08. The SMILES string of the molecule is CCC(C(=O)c1ccc(OC)c2oc(C3CC3)cc12)n1cncn1. The lowest BCUT2D eigenvalue weighted by molar-refractivity contribution is 0.0916. The molecule has 0 bridgehead atoms. The van der Waals surface area contributed by atoms with Crippen molar-refractivity contribution in [3.05, 3.63) is 42.2 Å². The molecule has 124 valence electrons. The molecule has 0 N–H and O–H groups in total. The molecule has 4 rings (SSSR count). The van der Waals surface area contributed by atoms with E-state index in [9.17, 15) is 4.79 Å². The van der Waals surface area contributed by atoms with Crippen LogP contribution in [0.1, 0.15) is 54.3 Å². The maximum absolute atomic E-state index is 13.1. The number of methoxy groups -OCH3 is 1. The zero-order chi connectivity index (χ0) is 16.7. The van der Waals surface area contributed by atoms with Crippen LogP contribution in [0, 0.1) is 0 Å². The third-order valence-corrected chi connectivity index (χ3v) is 4.58. The summed E-state index contributed by atoms with van der Waals surface area (Å²) >= 11 is 0. The second kappa shape index (κ2) is 5.78. The topological polar surface area (TPSA) is 70.2 Å². The van der Waals surface area contributed by atoms with Gasteiger partial charge in [0.05, 0.1) is 7.11 Å². The summed E-state index contributed by atoms with van der Waals surface area (Å²) in [5.41, 5.74) is 1.29. The molecule has 1 aromatic carbocycles. The van der Waals surface area contributed by atoms with E-state index in [-0.39, 0.29) is 11.8 Å². The highest BCUT2D eigenvalue weighted by atomic mass is 16.5. The first-order chi connectivity index (χ1) is 11.7. The van der Waals surface area contributed by atoms with E-state index in [1.54, 1.807) is 24.2 Å². The number of carbonyl (C=O) groups is 1. The fraction of sp³-hybridized carbons (Fsp3) is 0.389. The van der Waals surface area contributed by atoms with E-state index < -0.39 is 0 Å². The second-order valence-electron chi connectivity index (χ2n) is 6.15. The minimum atomic E-state index is -0.372. The Morgan fingerprint density at radius 3 is 2.92 bits per heavy atom. The summed E-state index contributed by atoms with van der Waals surface area (Å²) in [7, 11) is 1.61. The van der Waals surface area contributed by atoms with Gasteiger partial charge in [0.2, 0.25) is 0 Å². The molecular formula is C18H19N3O3. The highest BCUT2D eigenvalue weighted by Crippen LogP contribution is 2.44. The Morgan fingerprint density at radius 1 is 1.46 bits per heavy atom. The average molecular weight is 325 g/mol. The molecular weight excluding hydrogens is 306 g/mol. The lowest BCUT2D eigenvalue weighted by Gasteiger charge is -2.14. The first-order valence-corrected chi connectivity index (χ1v) is 8.21. The van der Waals surface area contributed by atoms with E-state index in [0.717, 1.165) is 24.0 Å². The maximum atomic E-state index is 13.1. The van der Waals surface area contributed by atoms with Crippen molar-refractivity contribution >= 4 is 16.8 Å². The maximum Gasteiger partial charge on any atom is 0.188 e. The van der Waals surface area contributed by atoms with Crippen LogP contribution >= 0.6 is 0 Å². The molecule has 0 aliphatic heterocycles. The molecule has 1 unspecified atom stereocenters. The molecule has 2 aromatic heterocycles. The number of aromatic nitrogens is 3. The molecule has 1 aliphatic rings. The number of furan rings is 1. The number of benzene rings is 1. The van der Waals surface area contributed by atoms with Crippen molar-refractivity contribution < 1.29 is 13.9 Å². The number of hydrogen-bond acceptors (Lipinski definition) is 5. The van der Waals surface area contributed by atoms with E-state index in [4.69, 9.17) is 9.15 Å². The van der Waals surface area contributed by atoms with Crippen molar-refractivity contribution in [2.24, 2.45) is 0 Å². The van der Waals surface area contributed by atoms with Gasteiger partial charge in [0.25, 0.3) is 0 Å². The van der Waals surface area contributed by atoms with Crippen molar-refractivity contribution in [3.8, 4) is 5.75 Å². The Balaban J connectivity index is 1.82. The van der Waals surface area contributed by atoms with Crippen LogP contribution in [0.5, 0.6) is 5.75 Å². The van der Waals surface area contributed by atoms with Crippen molar-refractivity contribution in [2.75, 3.05) is 7.11 Å². The first-order valence-electron chi connectivity index (χ1n) is 8.21. The number of Topliss-reactive ketones (excluding diaryl/α,β-unsaturated/α-hetero) is 1. The van der Waals surface area contributed by atoms with Gasteiger partial charge in [-0.05, 0) is 37.5 Å². The van der Waals surface area contributed by atoms with Crippen LogP contribution in [0.2, 0.25) is 0 Å². The number of nitrogens with zero attached hydrogens (tertiary/aromatic N) is 3. The average Bonchev–Trinajstić information content (AvgIpc) is 3.12. The van der Waals surface area contributed by atoms with Gasteiger partial charge in [-0.25, -0.2) is 9.67 Å². The van der Waals surface area contributed by atoms with Gasteiger partial charge >= 0.3 is 0 Å². The predicted octanol–water partition coefficient (Wildman–Crippen LogP) is 3.74. The predicted molar refractivity (Wildman–Crippen MR) is 88.4 cm³/mol. The van der Waals surface area contributed by atoms with E-state index in [2.05, 4.69) is 10.1 Å². The van der Waals surface area contributed by atoms with Gasteiger partial charge < -0.3 is 9.15 Å². The summed E-state index contributed by atoms with van der Waals surface area (Å²) in [4.78, 5) is 17.1. The Kier molecular flexibility index (Phi) is 3.59. The number of rotatable bonds is 6. The molecule has 1 saturated carbocycles. The van der Waals surface area contributed by atoms with Gasteiger partial charge in [-0.15, -0.1) is 0 Å². The minimum absolute atomic E-state index is 0.0128. The van der Waals surface area contributed by atoms with Crippen molar-refractivity contribution in [1.82, 2.24) is 14.8 Å². The van der Waals surface area contributed by atoms with Crippen LogP contribution in [0.4, 0.5) is 0 Å². The summed E-state index contributed by atoms with van der Waals surface area (Å²) in [6, 6.07) is 5.24. The largest absolute Gasteiger partial charge is 0.493 e. The van der Waals surface area contributed by atoms with Gasteiger partial charge in [-0.1, -0.05) is 6.92 Å². The minimum Gasteiger partial charge on any atom is -0.493 e. The molecule has 2 heterocycles. The molecule has 1 aliphatic carbocycles. The van der Waals surface area contributed by atoms with Crippen LogP contribution in [0.25, 0.3) is 11.0 Å². The highest BCUT2D eigenvalue weighted by Gasteiger charge is 2.30. The van der Waals surface area contributed by atoms with Crippen molar-refractivity contribution in [3.63, 3.8) is 0 Å². The molecule has 1 fully saturated rings. The van der Waals surface area contributed by atoms with Crippen LogP contribution in [-0.2, 0) is 0 Å². The van der Waals surface area contributed by atoms with Gasteiger partial charge in [-0.2, -0.15) is 5.10 Å². The number of ether oxygens (including phenoxy) is 1. The molecule has 24 heavy (non-hydrogen) atoms. The normalized spacial score (nSPS) is 15.6. The summed E-state index contributed by atoms with van der Waals surface area (Å²) < 4.78 is 13.0. The zero-order valence-corrected chi connectivity index (χ0v) is 13.7. The zero-order valence-electron chi connectivity index (χ0n) is 13.7. The van der Waals surface area contributed by atoms with Crippen LogP contribution < -0.4 is 4.74 Å². The van der Waals surface area contributed by atoms with E-state index in [1.165, 1.54) is 6.33 Å². The Labute approximate surface area is 139 Å². The third kappa shape index (κ3) is 2.38. The molecule has 0 spiro atoms. The van der Waals surface area contributed by atoms with E-state index in [1.807, 2.05) is 19.1 Å². The lowest BCUT2D eigenvalue weighted by Crippen LogP contribution is -2.19.